The summed E-state index contributed by atoms with van der Waals surface area (Å²) in [5, 5.41) is 6.04. The van der Waals surface area contributed by atoms with E-state index in [2.05, 4.69) is 10.6 Å². The first-order valence-corrected chi connectivity index (χ1v) is 12.0. The second-order valence-electron chi connectivity index (χ2n) is 9.22. The molecule has 2 aromatic rings. The second-order valence-corrected chi connectivity index (χ2v) is 9.22. The molecule has 0 atom stereocenters. The normalized spacial score (nSPS) is 18.5. The fraction of sp³-hybridized carbons (Fsp3) is 0.480. The summed E-state index contributed by atoms with van der Waals surface area (Å²) in [7, 11) is 0. The van der Waals surface area contributed by atoms with Gasteiger partial charge in [0.2, 0.25) is 11.8 Å². The van der Waals surface area contributed by atoms with E-state index in [1.165, 1.54) is 30.4 Å². The van der Waals surface area contributed by atoms with Crippen LogP contribution in [0.2, 0.25) is 0 Å². The van der Waals surface area contributed by atoms with Gasteiger partial charge >= 0.3 is 6.09 Å². The molecule has 3 aliphatic rings. The Morgan fingerprint density at radius 1 is 1.06 bits per heavy atom. The van der Waals surface area contributed by atoms with Crippen LogP contribution in [0.1, 0.15) is 50.5 Å². The van der Waals surface area contributed by atoms with Gasteiger partial charge < -0.3 is 24.7 Å². The lowest BCUT2D eigenvalue weighted by atomic mass is 9.95. The molecule has 0 unspecified atom stereocenters. The molecule has 5 rings (SSSR count). The van der Waals surface area contributed by atoms with Crippen LogP contribution in [-0.4, -0.2) is 43.1 Å². The van der Waals surface area contributed by atoms with Crippen molar-refractivity contribution < 1.29 is 23.5 Å². The lowest BCUT2D eigenvalue weighted by Gasteiger charge is -2.37. The van der Waals surface area contributed by atoms with Gasteiger partial charge in [-0.15, -0.1) is 0 Å². The van der Waals surface area contributed by atoms with Gasteiger partial charge in [0, 0.05) is 30.3 Å². The summed E-state index contributed by atoms with van der Waals surface area (Å²) in [5.74, 6) is 0.0799. The van der Waals surface area contributed by atoms with Crippen molar-refractivity contribution in [1.29, 1.82) is 0 Å². The number of amides is 3. The van der Waals surface area contributed by atoms with E-state index in [1.54, 1.807) is 35.4 Å². The van der Waals surface area contributed by atoms with Gasteiger partial charge in [0.05, 0.1) is 30.4 Å². The number of hydrogen-bond donors (Lipinski definition) is 2. The van der Waals surface area contributed by atoms with E-state index in [-0.39, 0.29) is 37.5 Å². The number of ether oxygens (including phenoxy) is 1. The van der Waals surface area contributed by atoms with Gasteiger partial charge in [0.1, 0.15) is 12.3 Å². The summed E-state index contributed by atoms with van der Waals surface area (Å²) < 4.78 is 10.5. The molecule has 3 amide bonds. The average molecular weight is 467 g/mol. The van der Waals surface area contributed by atoms with Gasteiger partial charge in [-0.3, -0.25) is 14.5 Å². The molecule has 2 aliphatic carbocycles. The summed E-state index contributed by atoms with van der Waals surface area (Å²) in [6.07, 6.45) is 10.1. The van der Waals surface area contributed by atoms with Gasteiger partial charge in [0.25, 0.3) is 0 Å². The molecule has 1 aromatic heterocycles. The molecule has 34 heavy (non-hydrogen) atoms. The minimum atomic E-state index is -0.607. The van der Waals surface area contributed by atoms with Gasteiger partial charge in [0.15, 0.2) is 0 Å². The van der Waals surface area contributed by atoms with Crippen molar-refractivity contribution in [3.63, 3.8) is 0 Å². The molecule has 0 spiro atoms. The molecule has 2 fully saturated rings. The number of nitrogens with zero attached hydrogens (tertiary/aromatic N) is 2. The number of furan rings is 1. The molecular weight excluding hydrogens is 436 g/mol. The predicted octanol–water partition coefficient (Wildman–Crippen LogP) is 3.33. The first-order valence-electron chi connectivity index (χ1n) is 12.0. The number of nitrogens with one attached hydrogen (secondary N) is 2. The van der Waals surface area contributed by atoms with Crippen molar-refractivity contribution in [3.05, 3.63) is 42.4 Å². The van der Waals surface area contributed by atoms with Crippen LogP contribution in [0, 0.1) is 0 Å². The van der Waals surface area contributed by atoms with E-state index >= 15 is 0 Å². The topological polar surface area (TPSA) is 104 Å². The molecule has 9 heteroatoms. The maximum atomic E-state index is 13.2. The zero-order valence-electron chi connectivity index (χ0n) is 19.1. The fourth-order valence-corrected chi connectivity index (χ4v) is 4.72. The van der Waals surface area contributed by atoms with E-state index in [0.717, 1.165) is 31.2 Å². The third-order valence-electron chi connectivity index (χ3n) is 6.65. The lowest BCUT2D eigenvalue weighted by Crippen LogP contribution is -2.51. The maximum absolute atomic E-state index is 13.2. The van der Waals surface area contributed by atoms with Gasteiger partial charge in [-0.2, -0.15) is 0 Å². The number of anilines is 2. The number of hydrogen-bond acceptors (Lipinski definition) is 6. The Morgan fingerprint density at radius 3 is 2.62 bits per heavy atom. The molecule has 9 nitrogen and oxygen atoms in total. The highest BCUT2D eigenvalue weighted by atomic mass is 16.6. The highest BCUT2D eigenvalue weighted by molar-refractivity contribution is 6.12. The summed E-state index contributed by atoms with van der Waals surface area (Å²) in [6.45, 7) is 0.448. The van der Waals surface area contributed by atoms with Crippen molar-refractivity contribution in [3.8, 4) is 5.75 Å². The van der Waals surface area contributed by atoms with Gasteiger partial charge in [-0.05, 0) is 43.9 Å². The Hall–Kier alpha value is -3.33. The Labute approximate surface area is 198 Å². The summed E-state index contributed by atoms with van der Waals surface area (Å²) in [4.78, 5) is 41.7. The lowest BCUT2D eigenvalue weighted by molar-refractivity contribution is -0.122. The summed E-state index contributed by atoms with van der Waals surface area (Å²) >= 11 is 0. The minimum Gasteiger partial charge on any atom is -0.472 e. The van der Waals surface area contributed by atoms with Crippen LogP contribution < -0.4 is 25.2 Å². The van der Waals surface area contributed by atoms with Crippen LogP contribution in [0.5, 0.6) is 5.75 Å². The summed E-state index contributed by atoms with van der Waals surface area (Å²) in [6, 6.07) is 7.37. The van der Waals surface area contributed by atoms with Crippen molar-refractivity contribution in [2.24, 2.45) is 0 Å². The fourth-order valence-electron chi connectivity index (χ4n) is 4.72. The Bertz CT molecular complexity index is 1040. The second kappa shape index (κ2) is 9.89. The van der Waals surface area contributed by atoms with Gasteiger partial charge in [-0.1, -0.05) is 19.3 Å². The van der Waals surface area contributed by atoms with Crippen molar-refractivity contribution >= 4 is 29.3 Å². The molecule has 1 aromatic carbocycles. The highest BCUT2D eigenvalue weighted by Crippen LogP contribution is 2.42. The first kappa shape index (κ1) is 22.5. The Balaban J connectivity index is 1.31. The number of fused-ring (bicyclic) bond motifs is 1. The zero-order chi connectivity index (χ0) is 23.5. The summed E-state index contributed by atoms with van der Waals surface area (Å²) in [5.41, 5.74) is 2.11. The van der Waals surface area contributed by atoms with Crippen LogP contribution in [0.4, 0.5) is 16.2 Å². The van der Waals surface area contributed by atoms with E-state index in [0.29, 0.717) is 23.2 Å². The highest BCUT2D eigenvalue weighted by Gasteiger charge is 2.40. The predicted molar refractivity (Wildman–Crippen MR) is 126 cm³/mol. The minimum absolute atomic E-state index is 0.00911. The zero-order valence-corrected chi connectivity index (χ0v) is 19.1. The Kier molecular flexibility index (Phi) is 6.53. The number of benzene rings is 1. The van der Waals surface area contributed by atoms with Crippen LogP contribution in [0.25, 0.3) is 0 Å². The van der Waals surface area contributed by atoms with Crippen LogP contribution in [0.15, 0.2) is 41.2 Å². The first-order chi connectivity index (χ1) is 16.6. The average Bonchev–Trinajstić information content (AvgIpc) is 3.54. The Morgan fingerprint density at radius 2 is 1.88 bits per heavy atom. The van der Waals surface area contributed by atoms with Crippen molar-refractivity contribution in [2.75, 3.05) is 22.9 Å². The molecular formula is C25H30N4O5. The van der Waals surface area contributed by atoms with Crippen molar-refractivity contribution in [1.82, 2.24) is 10.6 Å². The quantitative estimate of drug-likeness (QED) is 0.649. The molecule has 1 aliphatic heterocycles. The third-order valence-corrected chi connectivity index (χ3v) is 6.65. The molecule has 0 radical (unpaired) electrons. The third kappa shape index (κ3) is 5.09. The molecule has 0 saturated heterocycles. The van der Waals surface area contributed by atoms with Crippen LogP contribution in [0.3, 0.4) is 0 Å². The van der Waals surface area contributed by atoms with Gasteiger partial charge in [-0.25, -0.2) is 4.79 Å². The largest absolute Gasteiger partial charge is 0.472 e. The molecule has 2 N–H and O–H groups in total. The molecule has 2 saturated carbocycles. The standard InChI is InChI=1S/C25H30N4O5/c30-23(14-26-18-4-2-1-3-5-18)28-15-24(31)29(19-6-7-19)21-9-8-20(12-22(21)28)34-25(32)27-13-17-10-11-33-16-17/h8-12,16,18-19,26H,1-7,13-15H2,(H,27,32). The van der Waals surface area contributed by atoms with Crippen molar-refractivity contribution in [2.45, 2.75) is 63.6 Å². The maximum Gasteiger partial charge on any atom is 0.412 e. The van der Waals surface area contributed by atoms with Crippen LogP contribution >= 0.6 is 0 Å². The van der Waals surface area contributed by atoms with E-state index in [4.69, 9.17) is 9.15 Å². The SMILES string of the molecule is O=C(NCc1ccoc1)Oc1ccc2c(c1)N(C(=O)CNC1CCCCC1)CC(=O)N2C1CC1. The number of carbonyl (C=O) groups is 3. The molecule has 0 bridgehead atoms. The molecule has 2 heterocycles. The smallest absolute Gasteiger partial charge is 0.412 e. The monoisotopic (exact) mass is 466 g/mol. The van der Waals surface area contributed by atoms with E-state index in [9.17, 15) is 14.4 Å². The molecule has 180 valence electrons. The van der Waals surface area contributed by atoms with Crippen LogP contribution in [-0.2, 0) is 16.1 Å². The van der Waals surface area contributed by atoms with E-state index < -0.39 is 6.09 Å². The number of rotatable bonds is 7. The van der Waals surface area contributed by atoms with E-state index in [1.807, 2.05) is 0 Å². The number of carbonyl (C=O) groups excluding carboxylic acids is 3.